The predicted molar refractivity (Wildman–Crippen MR) is 48.2 cm³/mol. The van der Waals surface area contributed by atoms with Gasteiger partial charge in [0.2, 0.25) is 0 Å². The minimum absolute atomic E-state index is 0.156. The minimum Gasteiger partial charge on any atom is -0.205 e. The van der Waals surface area contributed by atoms with E-state index in [-0.39, 0.29) is 5.41 Å². The number of rotatable bonds is 2. The molecule has 0 nitrogen and oxygen atoms in total. The normalized spacial score (nSPS) is 12.9. The van der Waals surface area contributed by atoms with Crippen molar-refractivity contribution in [3.63, 3.8) is 0 Å². The first-order valence-electron chi connectivity index (χ1n) is 4.27. The Morgan fingerprint density at radius 3 is 1.54 bits per heavy atom. The van der Waals surface area contributed by atoms with Crippen molar-refractivity contribution < 1.29 is 13.2 Å². The van der Waals surface area contributed by atoms with E-state index in [1.807, 2.05) is 20.8 Å². The molecule has 0 aromatic heterocycles. The van der Waals surface area contributed by atoms with E-state index in [1.54, 1.807) is 0 Å². The Hall–Kier alpha value is -0.470. The molecule has 0 aliphatic heterocycles. The van der Waals surface area contributed by atoms with Crippen molar-refractivity contribution in [2.24, 2.45) is 10.8 Å². The van der Waals surface area contributed by atoms with Crippen LogP contribution in [0, 0.1) is 10.8 Å². The third-order valence-corrected chi connectivity index (χ3v) is 1.73. The molecule has 0 N–H and O–H groups in total. The lowest BCUT2D eigenvalue weighted by Crippen LogP contribution is -2.21. The zero-order valence-corrected chi connectivity index (χ0v) is 8.84. The summed E-state index contributed by atoms with van der Waals surface area (Å²) >= 11 is 0. The average molecular weight is 194 g/mol. The zero-order chi connectivity index (χ0) is 10.9. The SMILES string of the molecule is CC(C)(C)CC(C)(C)C(F)=C(F)F. The molecule has 0 rings (SSSR count). The summed E-state index contributed by atoms with van der Waals surface area (Å²) in [5, 5.41) is 0. The van der Waals surface area contributed by atoms with Gasteiger partial charge in [-0.2, -0.15) is 8.78 Å². The summed E-state index contributed by atoms with van der Waals surface area (Å²) in [6.07, 6.45) is -1.81. The van der Waals surface area contributed by atoms with E-state index < -0.39 is 17.3 Å². The molecule has 0 saturated heterocycles. The molecule has 0 aliphatic rings. The van der Waals surface area contributed by atoms with E-state index in [0.29, 0.717) is 6.42 Å². The number of hydrogen-bond donors (Lipinski definition) is 0. The molecule has 0 fully saturated rings. The van der Waals surface area contributed by atoms with Crippen LogP contribution in [-0.4, -0.2) is 0 Å². The quantitative estimate of drug-likeness (QED) is 0.606. The predicted octanol–water partition coefficient (Wildman–Crippen LogP) is 4.53. The summed E-state index contributed by atoms with van der Waals surface area (Å²) in [4.78, 5) is 0. The van der Waals surface area contributed by atoms with Gasteiger partial charge in [-0.1, -0.05) is 34.6 Å². The van der Waals surface area contributed by atoms with E-state index in [2.05, 4.69) is 0 Å². The molecule has 3 heteroatoms. The Morgan fingerprint density at radius 2 is 1.31 bits per heavy atom. The first-order chi connectivity index (χ1) is 5.56. The molecule has 0 heterocycles. The first-order valence-corrected chi connectivity index (χ1v) is 4.27. The van der Waals surface area contributed by atoms with Crippen LogP contribution in [0.4, 0.5) is 13.2 Å². The monoisotopic (exact) mass is 194 g/mol. The molecule has 0 aromatic carbocycles. The van der Waals surface area contributed by atoms with Gasteiger partial charge in [-0.15, -0.1) is 0 Å². The third-order valence-electron chi connectivity index (χ3n) is 1.73. The maximum Gasteiger partial charge on any atom is 0.302 e. The van der Waals surface area contributed by atoms with Crippen LogP contribution >= 0.6 is 0 Å². The lowest BCUT2D eigenvalue weighted by Gasteiger charge is -2.30. The van der Waals surface area contributed by atoms with Gasteiger partial charge in [-0.3, -0.25) is 0 Å². The van der Waals surface area contributed by atoms with Crippen molar-refractivity contribution in [2.45, 2.75) is 41.0 Å². The van der Waals surface area contributed by atoms with Gasteiger partial charge < -0.3 is 0 Å². The summed E-state index contributed by atoms with van der Waals surface area (Å²) in [6.45, 7) is 8.69. The Labute approximate surface area is 77.8 Å². The second kappa shape index (κ2) is 3.72. The largest absolute Gasteiger partial charge is 0.302 e. The standard InChI is InChI=1S/C10H17F3/c1-9(2,3)6-10(4,5)7(11)8(12)13/h6H2,1-5H3. The van der Waals surface area contributed by atoms with Crippen molar-refractivity contribution in [1.82, 2.24) is 0 Å². The summed E-state index contributed by atoms with van der Waals surface area (Å²) in [5.41, 5.74) is -1.23. The minimum atomic E-state index is -2.20. The van der Waals surface area contributed by atoms with Crippen molar-refractivity contribution in [1.29, 1.82) is 0 Å². The van der Waals surface area contributed by atoms with Gasteiger partial charge in [-0.25, -0.2) is 4.39 Å². The van der Waals surface area contributed by atoms with Gasteiger partial charge in [0.15, 0.2) is 5.83 Å². The Bertz CT molecular complexity index is 205. The highest BCUT2D eigenvalue weighted by molar-refractivity contribution is 5.05. The summed E-state index contributed by atoms with van der Waals surface area (Å²) in [6, 6.07) is 0. The second-order valence-corrected chi connectivity index (χ2v) is 5.20. The molecule has 0 radical (unpaired) electrons. The maximum atomic E-state index is 13.0. The molecule has 0 aromatic rings. The fraction of sp³-hybridized carbons (Fsp3) is 0.800. The van der Waals surface area contributed by atoms with Gasteiger partial charge in [0.05, 0.1) is 0 Å². The van der Waals surface area contributed by atoms with Crippen LogP contribution in [0.5, 0.6) is 0 Å². The molecule has 0 atom stereocenters. The van der Waals surface area contributed by atoms with Crippen LogP contribution in [0.15, 0.2) is 11.9 Å². The van der Waals surface area contributed by atoms with E-state index in [1.165, 1.54) is 13.8 Å². The summed E-state index contributed by atoms with van der Waals surface area (Å²) in [5.74, 6) is -1.29. The summed E-state index contributed by atoms with van der Waals surface area (Å²) < 4.78 is 37.0. The van der Waals surface area contributed by atoms with Crippen LogP contribution in [-0.2, 0) is 0 Å². The Kier molecular flexibility index (Phi) is 3.59. The van der Waals surface area contributed by atoms with Gasteiger partial charge in [0, 0.05) is 5.41 Å². The number of hydrogen-bond acceptors (Lipinski definition) is 0. The van der Waals surface area contributed by atoms with Gasteiger partial charge >= 0.3 is 6.08 Å². The zero-order valence-electron chi connectivity index (χ0n) is 8.84. The van der Waals surface area contributed by atoms with E-state index in [0.717, 1.165) is 0 Å². The summed E-state index contributed by atoms with van der Waals surface area (Å²) in [7, 11) is 0. The van der Waals surface area contributed by atoms with Crippen molar-refractivity contribution in [3.05, 3.63) is 11.9 Å². The smallest absolute Gasteiger partial charge is 0.205 e. The number of halogens is 3. The first kappa shape index (κ1) is 12.5. The third kappa shape index (κ3) is 4.34. The van der Waals surface area contributed by atoms with Crippen molar-refractivity contribution >= 4 is 0 Å². The number of allylic oxidation sites excluding steroid dienone is 1. The van der Waals surface area contributed by atoms with Crippen LogP contribution in [0.2, 0.25) is 0 Å². The van der Waals surface area contributed by atoms with Crippen LogP contribution in [0.25, 0.3) is 0 Å². The topological polar surface area (TPSA) is 0 Å². The van der Waals surface area contributed by atoms with Crippen molar-refractivity contribution in [3.8, 4) is 0 Å². The van der Waals surface area contributed by atoms with Crippen molar-refractivity contribution in [2.75, 3.05) is 0 Å². The maximum absolute atomic E-state index is 13.0. The molecule has 0 amide bonds. The van der Waals surface area contributed by atoms with Gasteiger partial charge in [0.1, 0.15) is 0 Å². The van der Waals surface area contributed by atoms with E-state index in [4.69, 9.17) is 0 Å². The molecule has 0 bridgehead atoms. The van der Waals surface area contributed by atoms with E-state index >= 15 is 0 Å². The molecule has 0 aliphatic carbocycles. The molecule has 0 spiro atoms. The fourth-order valence-electron chi connectivity index (χ4n) is 1.66. The average Bonchev–Trinajstić information content (AvgIpc) is 1.80. The van der Waals surface area contributed by atoms with Crippen LogP contribution in [0.3, 0.4) is 0 Å². The highest BCUT2D eigenvalue weighted by atomic mass is 19.3. The molecular formula is C10H17F3. The van der Waals surface area contributed by atoms with E-state index in [9.17, 15) is 13.2 Å². The highest BCUT2D eigenvalue weighted by Crippen LogP contribution is 2.41. The highest BCUT2D eigenvalue weighted by Gasteiger charge is 2.32. The Balaban J connectivity index is 4.69. The molecule has 78 valence electrons. The lowest BCUT2D eigenvalue weighted by atomic mass is 9.76. The molecular weight excluding hydrogens is 177 g/mol. The second-order valence-electron chi connectivity index (χ2n) is 5.20. The fourth-order valence-corrected chi connectivity index (χ4v) is 1.66. The van der Waals surface area contributed by atoms with Crippen LogP contribution < -0.4 is 0 Å². The molecule has 13 heavy (non-hydrogen) atoms. The van der Waals surface area contributed by atoms with Gasteiger partial charge in [0.25, 0.3) is 0 Å². The Morgan fingerprint density at radius 1 is 0.923 bits per heavy atom. The van der Waals surface area contributed by atoms with Crippen LogP contribution in [0.1, 0.15) is 41.0 Å². The van der Waals surface area contributed by atoms with Gasteiger partial charge in [-0.05, 0) is 11.8 Å². The lowest BCUT2D eigenvalue weighted by molar-refractivity contribution is 0.198. The molecule has 0 unspecified atom stereocenters. The molecule has 0 saturated carbocycles.